The molecule has 0 saturated carbocycles. The molecule has 27 heavy (non-hydrogen) atoms. The third-order valence-corrected chi connectivity index (χ3v) is 4.04. The van der Waals surface area contributed by atoms with Gasteiger partial charge in [0, 0.05) is 28.4 Å². The van der Waals surface area contributed by atoms with E-state index in [1.54, 1.807) is 35.0 Å². The fourth-order valence-electron chi connectivity index (χ4n) is 2.75. The molecule has 1 amide bonds. The van der Waals surface area contributed by atoms with Crippen molar-refractivity contribution < 1.29 is 14.3 Å². The van der Waals surface area contributed by atoms with Crippen LogP contribution in [0.5, 0.6) is 0 Å². The van der Waals surface area contributed by atoms with E-state index >= 15 is 0 Å². The average molecular weight is 359 g/mol. The summed E-state index contributed by atoms with van der Waals surface area (Å²) in [5, 5.41) is 13.0. The Morgan fingerprint density at radius 3 is 2.56 bits per heavy atom. The first kappa shape index (κ1) is 18.0. The van der Waals surface area contributed by atoms with E-state index in [1.165, 1.54) is 13.2 Å². The van der Waals surface area contributed by atoms with Crippen molar-refractivity contribution >= 4 is 34.5 Å². The van der Waals surface area contributed by atoms with Crippen LogP contribution in [0.3, 0.4) is 0 Å². The molecular weight excluding hydrogens is 342 g/mol. The molecule has 2 aromatic carbocycles. The second-order valence-corrected chi connectivity index (χ2v) is 5.80. The van der Waals surface area contributed by atoms with Crippen molar-refractivity contribution in [3.05, 3.63) is 71.9 Å². The van der Waals surface area contributed by atoms with Crippen LogP contribution in [-0.2, 0) is 20.9 Å². The molecule has 1 N–H and O–H groups in total. The van der Waals surface area contributed by atoms with Crippen LogP contribution < -0.4 is 5.32 Å². The predicted molar refractivity (Wildman–Crippen MR) is 103 cm³/mol. The van der Waals surface area contributed by atoms with E-state index < -0.39 is 5.91 Å². The van der Waals surface area contributed by atoms with Crippen LogP contribution in [0.4, 0.5) is 5.69 Å². The van der Waals surface area contributed by atoms with Crippen molar-refractivity contribution in [1.82, 2.24) is 4.57 Å². The van der Waals surface area contributed by atoms with Crippen molar-refractivity contribution in [3.8, 4) is 6.07 Å². The van der Waals surface area contributed by atoms with Crippen LogP contribution in [0.1, 0.15) is 5.56 Å². The highest BCUT2D eigenvalue weighted by atomic mass is 16.5. The number of nitrogens with one attached hydrogen (secondary N) is 1. The Labute approximate surface area is 156 Å². The highest BCUT2D eigenvalue weighted by Gasteiger charge is 2.14. The molecule has 6 heteroatoms. The van der Waals surface area contributed by atoms with Gasteiger partial charge in [0.1, 0.15) is 18.2 Å². The number of nitrogens with zero attached hydrogens (tertiary/aromatic N) is 2. The summed E-state index contributed by atoms with van der Waals surface area (Å²) in [5.41, 5.74) is 2.07. The zero-order valence-corrected chi connectivity index (χ0v) is 14.7. The Kier molecular flexibility index (Phi) is 5.33. The van der Waals surface area contributed by atoms with E-state index in [1.807, 2.05) is 36.4 Å². The molecule has 0 aliphatic heterocycles. The van der Waals surface area contributed by atoms with Crippen LogP contribution in [0.15, 0.2) is 66.4 Å². The van der Waals surface area contributed by atoms with Gasteiger partial charge in [-0.05, 0) is 24.3 Å². The second-order valence-electron chi connectivity index (χ2n) is 5.80. The van der Waals surface area contributed by atoms with Crippen LogP contribution in [0.25, 0.3) is 17.0 Å². The average Bonchev–Trinajstić information content (AvgIpc) is 3.04. The molecule has 0 fully saturated rings. The van der Waals surface area contributed by atoms with Crippen LogP contribution in [-0.4, -0.2) is 23.6 Å². The van der Waals surface area contributed by atoms with E-state index in [-0.39, 0.29) is 18.1 Å². The van der Waals surface area contributed by atoms with Crippen molar-refractivity contribution in [1.29, 1.82) is 5.26 Å². The first-order valence-electron chi connectivity index (χ1n) is 8.25. The first-order valence-corrected chi connectivity index (χ1v) is 8.25. The molecule has 0 radical (unpaired) electrons. The molecule has 0 bridgehead atoms. The van der Waals surface area contributed by atoms with Gasteiger partial charge in [0.15, 0.2) is 0 Å². The van der Waals surface area contributed by atoms with E-state index in [0.717, 1.165) is 10.9 Å². The number of esters is 1. The van der Waals surface area contributed by atoms with Crippen LogP contribution in [0, 0.1) is 11.3 Å². The number of hydrogen-bond donors (Lipinski definition) is 1. The molecule has 3 rings (SSSR count). The topological polar surface area (TPSA) is 84.1 Å². The largest absolute Gasteiger partial charge is 0.468 e. The first-order chi connectivity index (χ1) is 13.1. The monoisotopic (exact) mass is 359 g/mol. The lowest BCUT2D eigenvalue weighted by Gasteiger charge is -2.03. The number of nitriles is 1. The number of hydrogen-bond acceptors (Lipinski definition) is 4. The summed E-state index contributed by atoms with van der Waals surface area (Å²) in [4.78, 5) is 24.1. The fourth-order valence-corrected chi connectivity index (χ4v) is 2.75. The number of ether oxygens (including phenoxy) is 1. The highest BCUT2D eigenvalue weighted by Crippen LogP contribution is 2.24. The summed E-state index contributed by atoms with van der Waals surface area (Å²) in [6.45, 7) is 0.0446. The van der Waals surface area contributed by atoms with Crippen molar-refractivity contribution in [3.63, 3.8) is 0 Å². The van der Waals surface area contributed by atoms with Crippen LogP contribution in [0.2, 0.25) is 0 Å². The third kappa shape index (κ3) is 4.05. The van der Waals surface area contributed by atoms with Gasteiger partial charge in [0.2, 0.25) is 0 Å². The minimum Gasteiger partial charge on any atom is -0.468 e. The predicted octanol–water partition coefficient (Wildman–Crippen LogP) is 3.36. The van der Waals surface area contributed by atoms with Gasteiger partial charge in [-0.25, -0.2) is 0 Å². The fraction of sp³-hybridized carbons (Fsp3) is 0.0952. The summed E-state index contributed by atoms with van der Waals surface area (Å²) in [5.74, 6) is -0.873. The number of aromatic nitrogens is 1. The molecule has 0 aliphatic rings. The standard InChI is InChI=1S/C21H17N3O3/c1-27-20(25)14-24-13-16(18-9-5-6-10-19(18)24)11-15(12-22)21(26)23-17-7-3-2-4-8-17/h2-11,13H,14H2,1H3,(H,23,26)/b15-11-. The zero-order valence-electron chi connectivity index (χ0n) is 14.7. The molecule has 0 aliphatic carbocycles. The molecule has 0 unspecified atom stereocenters. The van der Waals surface area contributed by atoms with E-state index in [0.29, 0.717) is 11.3 Å². The summed E-state index contributed by atoms with van der Waals surface area (Å²) in [6, 6.07) is 18.3. The molecule has 134 valence electrons. The van der Waals surface area contributed by atoms with E-state index in [9.17, 15) is 14.9 Å². The molecule has 0 atom stereocenters. The molecule has 6 nitrogen and oxygen atoms in total. The van der Waals surface area contributed by atoms with Crippen molar-refractivity contribution in [2.75, 3.05) is 12.4 Å². The number of methoxy groups -OCH3 is 1. The molecule has 1 aromatic heterocycles. The number of para-hydroxylation sites is 2. The highest BCUT2D eigenvalue weighted by molar-refractivity contribution is 6.10. The second kappa shape index (κ2) is 8.02. The minimum atomic E-state index is -0.492. The molecule has 0 saturated heterocycles. The Morgan fingerprint density at radius 1 is 1.15 bits per heavy atom. The maximum atomic E-state index is 12.4. The quantitative estimate of drug-likeness (QED) is 0.430. The van der Waals surface area contributed by atoms with E-state index in [4.69, 9.17) is 4.74 Å². The number of amides is 1. The maximum absolute atomic E-state index is 12.4. The number of fused-ring (bicyclic) bond motifs is 1. The Bertz CT molecular complexity index is 1060. The third-order valence-electron chi connectivity index (χ3n) is 4.04. The maximum Gasteiger partial charge on any atom is 0.325 e. The number of benzene rings is 2. The summed E-state index contributed by atoms with van der Waals surface area (Å²) in [6.07, 6.45) is 3.25. The van der Waals surface area contributed by atoms with Gasteiger partial charge >= 0.3 is 5.97 Å². The van der Waals surface area contributed by atoms with E-state index in [2.05, 4.69) is 5.32 Å². The lowest BCUT2D eigenvalue weighted by molar-refractivity contribution is -0.141. The van der Waals surface area contributed by atoms with Gasteiger partial charge in [-0.15, -0.1) is 0 Å². The normalized spacial score (nSPS) is 11.0. The SMILES string of the molecule is COC(=O)Cn1cc(/C=C(/C#N)C(=O)Nc2ccccc2)c2ccccc21. The number of carbonyl (C=O) groups is 2. The smallest absolute Gasteiger partial charge is 0.325 e. The van der Waals surface area contributed by atoms with Crippen molar-refractivity contribution in [2.24, 2.45) is 0 Å². The zero-order chi connectivity index (χ0) is 19.2. The molecule has 0 spiro atoms. The van der Waals surface area contributed by atoms with Gasteiger partial charge in [-0.3, -0.25) is 9.59 Å². The number of carbonyl (C=O) groups excluding carboxylic acids is 2. The number of rotatable bonds is 5. The summed E-state index contributed by atoms with van der Waals surface area (Å²) < 4.78 is 6.46. The minimum absolute atomic E-state index is 0.0279. The Morgan fingerprint density at radius 2 is 1.85 bits per heavy atom. The molecule has 3 aromatic rings. The van der Waals surface area contributed by atoms with Crippen molar-refractivity contribution in [2.45, 2.75) is 6.54 Å². The molecular formula is C21H17N3O3. The Balaban J connectivity index is 1.96. The number of anilines is 1. The lowest BCUT2D eigenvalue weighted by Crippen LogP contribution is -2.13. The van der Waals surface area contributed by atoms with Gasteiger partial charge in [0.05, 0.1) is 7.11 Å². The lowest BCUT2D eigenvalue weighted by atomic mass is 10.1. The summed E-state index contributed by atoms with van der Waals surface area (Å²) in [7, 11) is 1.33. The van der Waals surface area contributed by atoms with Gasteiger partial charge in [-0.1, -0.05) is 36.4 Å². The summed E-state index contributed by atoms with van der Waals surface area (Å²) >= 11 is 0. The van der Waals surface area contributed by atoms with Gasteiger partial charge < -0.3 is 14.6 Å². The molecule has 1 heterocycles. The van der Waals surface area contributed by atoms with Gasteiger partial charge in [0.25, 0.3) is 5.91 Å². The van der Waals surface area contributed by atoms with Crippen LogP contribution >= 0.6 is 0 Å². The Hall–Kier alpha value is -3.85. The van der Waals surface area contributed by atoms with Gasteiger partial charge in [-0.2, -0.15) is 5.26 Å².